The molecule has 0 saturated carbocycles. The van der Waals surface area contributed by atoms with Crippen LogP contribution in [0.15, 0.2) is 120 Å². The van der Waals surface area contributed by atoms with Crippen LogP contribution in [0.4, 0.5) is 5.69 Å². The minimum atomic E-state index is 0.582. The van der Waals surface area contributed by atoms with Gasteiger partial charge >= 0.3 is 0 Å². The number of hydrogen-bond donors (Lipinski definition) is 0. The minimum Gasteiger partial charge on any atom is -0.456 e. The first-order valence-corrected chi connectivity index (χ1v) is 13.9. The molecule has 5 aromatic carbocycles. The van der Waals surface area contributed by atoms with Gasteiger partial charge in [0, 0.05) is 32.3 Å². The Bertz CT molecular complexity index is 2710. The van der Waals surface area contributed by atoms with Crippen LogP contribution in [0.25, 0.3) is 82.0 Å². The standard InChI is InChI=1S/C37H19N5O/c1-39-23-14-16-34-28(18-23)29-19-33-27(20-35(29)43-34)25-8-3-5-10-31(25)42(33)37-12-6-11-36(40-37)41-30-9-4-2-7-24(30)26-17-22(21-38)13-15-32(26)41/h2-20H. The average Bonchev–Trinajstić information content (AvgIpc) is 3.70. The molecule has 0 aliphatic rings. The highest BCUT2D eigenvalue weighted by Crippen LogP contribution is 2.39. The molecule has 0 aliphatic carbocycles. The molecule has 43 heavy (non-hydrogen) atoms. The lowest BCUT2D eigenvalue weighted by Gasteiger charge is -2.11. The van der Waals surface area contributed by atoms with E-state index in [1.165, 1.54) is 0 Å². The Hall–Kier alpha value is -6.37. The number of aromatic nitrogens is 3. The van der Waals surface area contributed by atoms with E-state index in [1.54, 1.807) is 6.07 Å². The first kappa shape index (κ1) is 23.3. The van der Waals surface area contributed by atoms with Crippen molar-refractivity contribution in [1.82, 2.24) is 14.1 Å². The predicted molar refractivity (Wildman–Crippen MR) is 171 cm³/mol. The number of nitrogens with zero attached hydrogens (tertiary/aromatic N) is 5. The van der Waals surface area contributed by atoms with Crippen LogP contribution in [0.5, 0.6) is 0 Å². The molecule has 9 rings (SSSR count). The maximum atomic E-state index is 9.55. The highest BCUT2D eigenvalue weighted by atomic mass is 16.3. The van der Waals surface area contributed by atoms with Crippen molar-refractivity contribution in [1.29, 1.82) is 5.26 Å². The number of furan rings is 1. The molecule has 6 nitrogen and oxygen atoms in total. The third kappa shape index (κ3) is 3.23. The summed E-state index contributed by atoms with van der Waals surface area (Å²) in [5.74, 6) is 1.58. The van der Waals surface area contributed by atoms with E-state index in [2.05, 4.69) is 62.5 Å². The van der Waals surface area contributed by atoms with Crippen LogP contribution in [0.3, 0.4) is 0 Å². The van der Waals surface area contributed by atoms with Crippen LogP contribution in [0, 0.1) is 17.9 Å². The van der Waals surface area contributed by atoms with Crippen LogP contribution >= 0.6 is 0 Å². The number of pyridine rings is 1. The Labute approximate surface area is 244 Å². The predicted octanol–water partition coefficient (Wildman–Crippen LogP) is 9.60. The monoisotopic (exact) mass is 549 g/mol. The summed E-state index contributed by atoms with van der Waals surface area (Å²) in [5, 5.41) is 15.7. The molecule has 6 heteroatoms. The van der Waals surface area contributed by atoms with Gasteiger partial charge < -0.3 is 4.42 Å². The smallest absolute Gasteiger partial charge is 0.188 e. The van der Waals surface area contributed by atoms with Gasteiger partial charge in [-0.25, -0.2) is 9.83 Å². The highest BCUT2D eigenvalue weighted by molar-refractivity contribution is 6.17. The zero-order valence-corrected chi connectivity index (χ0v) is 22.6. The van der Waals surface area contributed by atoms with E-state index in [4.69, 9.17) is 16.0 Å². The molecular weight excluding hydrogens is 530 g/mol. The van der Waals surface area contributed by atoms with Crippen LogP contribution in [-0.2, 0) is 0 Å². The van der Waals surface area contributed by atoms with Crippen LogP contribution < -0.4 is 0 Å². The molecule has 4 aromatic heterocycles. The lowest BCUT2D eigenvalue weighted by atomic mass is 10.1. The van der Waals surface area contributed by atoms with Crippen LogP contribution in [0.2, 0.25) is 0 Å². The molecule has 0 aliphatic heterocycles. The second kappa shape index (κ2) is 8.57. The third-order valence-corrected chi connectivity index (χ3v) is 8.36. The number of hydrogen-bond acceptors (Lipinski definition) is 3. The largest absolute Gasteiger partial charge is 0.456 e. The van der Waals surface area contributed by atoms with E-state index < -0.39 is 0 Å². The molecule has 0 saturated heterocycles. The van der Waals surface area contributed by atoms with Gasteiger partial charge in [-0.3, -0.25) is 9.13 Å². The average molecular weight is 550 g/mol. The Balaban J connectivity index is 1.35. The fraction of sp³-hybridized carbons (Fsp3) is 0. The summed E-state index contributed by atoms with van der Waals surface area (Å²) in [6.45, 7) is 7.50. The highest BCUT2D eigenvalue weighted by Gasteiger charge is 2.19. The molecule has 4 heterocycles. The summed E-state index contributed by atoms with van der Waals surface area (Å²) in [5.41, 5.74) is 6.84. The van der Waals surface area contributed by atoms with E-state index in [-0.39, 0.29) is 0 Å². The van der Waals surface area contributed by atoms with Crippen molar-refractivity contribution in [3.63, 3.8) is 0 Å². The SMILES string of the molecule is [C-]#[N+]c1ccc2oc3cc4c5ccccc5n(-c5cccc(-n6c7ccccc7c7cc(C#N)ccc76)n5)c4cc3c2c1. The van der Waals surface area contributed by atoms with Crippen molar-refractivity contribution in [3.8, 4) is 17.7 Å². The maximum absolute atomic E-state index is 9.55. The first-order chi connectivity index (χ1) is 21.2. The van der Waals surface area contributed by atoms with Gasteiger partial charge in [-0.15, -0.1) is 0 Å². The van der Waals surface area contributed by atoms with E-state index in [0.29, 0.717) is 11.3 Å². The number of nitriles is 1. The van der Waals surface area contributed by atoms with Gasteiger partial charge in [0.15, 0.2) is 5.69 Å². The molecule has 0 atom stereocenters. The van der Waals surface area contributed by atoms with Crippen molar-refractivity contribution >= 4 is 71.2 Å². The molecule has 0 N–H and O–H groups in total. The van der Waals surface area contributed by atoms with Gasteiger partial charge in [-0.05, 0) is 66.7 Å². The van der Waals surface area contributed by atoms with Gasteiger partial charge in [0.05, 0.1) is 40.3 Å². The van der Waals surface area contributed by atoms with Crippen molar-refractivity contribution in [2.45, 2.75) is 0 Å². The summed E-state index contributed by atoms with van der Waals surface area (Å²) >= 11 is 0. The van der Waals surface area contributed by atoms with Gasteiger partial charge in [-0.1, -0.05) is 48.5 Å². The van der Waals surface area contributed by atoms with E-state index in [9.17, 15) is 5.26 Å². The molecule has 0 amide bonds. The van der Waals surface area contributed by atoms with E-state index in [0.717, 1.165) is 77.2 Å². The van der Waals surface area contributed by atoms with Gasteiger partial charge in [-0.2, -0.15) is 5.26 Å². The van der Waals surface area contributed by atoms with E-state index >= 15 is 0 Å². The summed E-state index contributed by atoms with van der Waals surface area (Å²) in [6.07, 6.45) is 0. The maximum Gasteiger partial charge on any atom is 0.188 e. The van der Waals surface area contributed by atoms with Crippen LogP contribution in [0.1, 0.15) is 5.56 Å². The van der Waals surface area contributed by atoms with Gasteiger partial charge in [0.2, 0.25) is 0 Å². The number of para-hydroxylation sites is 2. The summed E-state index contributed by atoms with van der Waals surface area (Å²) < 4.78 is 10.6. The van der Waals surface area contributed by atoms with Crippen molar-refractivity contribution in [3.05, 3.63) is 132 Å². The molecule has 0 radical (unpaired) electrons. The summed E-state index contributed by atoms with van der Waals surface area (Å²) in [6, 6.07) is 40.6. The molecule has 0 unspecified atom stereocenters. The Morgan fingerprint density at radius 1 is 0.581 bits per heavy atom. The van der Waals surface area contributed by atoms with E-state index in [1.807, 2.05) is 66.7 Å². The summed E-state index contributed by atoms with van der Waals surface area (Å²) in [4.78, 5) is 8.89. The second-order valence-corrected chi connectivity index (χ2v) is 10.7. The first-order valence-electron chi connectivity index (χ1n) is 13.9. The Morgan fingerprint density at radius 2 is 1.23 bits per heavy atom. The number of fused-ring (bicyclic) bond motifs is 9. The molecule has 198 valence electrons. The zero-order chi connectivity index (χ0) is 28.7. The number of rotatable bonds is 2. The zero-order valence-electron chi connectivity index (χ0n) is 22.6. The lowest BCUT2D eigenvalue weighted by Crippen LogP contribution is -2.03. The Kier molecular flexibility index (Phi) is 4.65. The quantitative estimate of drug-likeness (QED) is 0.202. The lowest BCUT2D eigenvalue weighted by molar-refractivity contribution is 0.669. The molecule has 0 spiro atoms. The van der Waals surface area contributed by atoms with Crippen molar-refractivity contribution in [2.24, 2.45) is 0 Å². The van der Waals surface area contributed by atoms with Gasteiger partial charge in [0.25, 0.3) is 0 Å². The topological polar surface area (TPSA) is 64.0 Å². The minimum absolute atomic E-state index is 0.582. The molecule has 0 bridgehead atoms. The normalized spacial score (nSPS) is 11.7. The molecule has 0 fully saturated rings. The molecular formula is C37H19N5O. The second-order valence-electron chi connectivity index (χ2n) is 10.7. The Morgan fingerprint density at radius 3 is 1.95 bits per heavy atom. The van der Waals surface area contributed by atoms with Crippen molar-refractivity contribution < 1.29 is 4.42 Å². The fourth-order valence-corrected chi connectivity index (χ4v) is 6.49. The van der Waals surface area contributed by atoms with Crippen LogP contribution in [-0.4, -0.2) is 14.1 Å². The number of benzene rings is 5. The van der Waals surface area contributed by atoms with Crippen molar-refractivity contribution in [2.75, 3.05) is 0 Å². The summed E-state index contributed by atoms with van der Waals surface area (Å²) in [7, 11) is 0. The molecule has 9 aromatic rings. The fourth-order valence-electron chi connectivity index (χ4n) is 6.49. The van der Waals surface area contributed by atoms with Gasteiger partial charge in [0.1, 0.15) is 22.8 Å². The third-order valence-electron chi connectivity index (χ3n) is 8.36.